The maximum Gasteiger partial charge on any atom is 0.313 e. The van der Waals surface area contributed by atoms with Crippen LogP contribution in [-0.4, -0.2) is 36.4 Å². The van der Waals surface area contributed by atoms with E-state index in [-0.39, 0.29) is 18.7 Å². The van der Waals surface area contributed by atoms with E-state index >= 15 is 0 Å². The van der Waals surface area contributed by atoms with Gasteiger partial charge in [-0.25, -0.2) is 0 Å². The van der Waals surface area contributed by atoms with Crippen molar-refractivity contribution in [2.45, 2.75) is 38.7 Å². The molecule has 5 nitrogen and oxygen atoms in total. The number of carboxylic acid groups (broad SMARTS) is 1. The van der Waals surface area contributed by atoms with Gasteiger partial charge in [-0.1, -0.05) is 25.5 Å². The Morgan fingerprint density at radius 1 is 1.47 bits per heavy atom. The van der Waals surface area contributed by atoms with Crippen molar-refractivity contribution < 1.29 is 24.2 Å². The molecule has 1 N–H and O–H groups in total. The average molecular weight is 268 g/mol. The van der Waals surface area contributed by atoms with Gasteiger partial charge in [-0.05, 0) is 19.3 Å². The van der Waals surface area contributed by atoms with Crippen molar-refractivity contribution >= 4 is 11.9 Å². The van der Waals surface area contributed by atoms with Crippen molar-refractivity contribution in [3.63, 3.8) is 0 Å². The molecule has 0 bridgehead atoms. The van der Waals surface area contributed by atoms with E-state index in [1.165, 1.54) is 0 Å². The Bertz CT molecular complexity index is 385. The molecule has 0 aromatic carbocycles. The smallest absolute Gasteiger partial charge is 0.313 e. The lowest BCUT2D eigenvalue weighted by Crippen LogP contribution is -2.45. The lowest BCUT2D eigenvalue weighted by atomic mass is 9.66. The summed E-state index contributed by atoms with van der Waals surface area (Å²) in [5, 5.41) is 9.37. The summed E-state index contributed by atoms with van der Waals surface area (Å²) in [5.74, 6) is -2.00. The van der Waals surface area contributed by atoms with Crippen LogP contribution in [0.1, 0.15) is 32.6 Å². The van der Waals surface area contributed by atoms with Crippen LogP contribution in [0.25, 0.3) is 0 Å². The van der Waals surface area contributed by atoms with Crippen molar-refractivity contribution in [1.82, 2.24) is 0 Å². The molecule has 19 heavy (non-hydrogen) atoms. The number of hydrogen-bond donors (Lipinski definition) is 1. The molecular formula is C14H20O5. The van der Waals surface area contributed by atoms with Gasteiger partial charge in [0.15, 0.2) is 0 Å². The summed E-state index contributed by atoms with van der Waals surface area (Å²) < 4.78 is 10.3. The van der Waals surface area contributed by atoms with Crippen LogP contribution < -0.4 is 0 Å². The van der Waals surface area contributed by atoms with Crippen molar-refractivity contribution in [2.24, 2.45) is 11.3 Å². The zero-order valence-electron chi connectivity index (χ0n) is 11.1. The van der Waals surface area contributed by atoms with Gasteiger partial charge in [0.1, 0.15) is 12.7 Å². The number of esters is 1. The second-order valence-electron chi connectivity index (χ2n) is 5.26. The molecule has 0 amide bonds. The molecule has 3 atom stereocenters. The van der Waals surface area contributed by atoms with Crippen LogP contribution in [0, 0.1) is 11.3 Å². The molecule has 1 heterocycles. The number of rotatable bonds is 6. The number of allylic oxidation sites excluding steroid dienone is 2. The van der Waals surface area contributed by atoms with E-state index in [1.807, 2.05) is 19.1 Å². The highest BCUT2D eigenvalue weighted by atomic mass is 16.6. The Balaban J connectivity index is 2.15. The predicted molar refractivity (Wildman–Crippen MR) is 67.5 cm³/mol. The molecule has 0 spiro atoms. The fraction of sp³-hybridized carbons (Fsp3) is 0.714. The number of hydrogen-bond acceptors (Lipinski definition) is 4. The third kappa shape index (κ3) is 2.97. The van der Waals surface area contributed by atoms with Gasteiger partial charge >= 0.3 is 11.9 Å². The highest BCUT2D eigenvalue weighted by molar-refractivity contribution is 5.85. The zero-order chi connectivity index (χ0) is 13.9. The first kappa shape index (κ1) is 14.1. The van der Waals surface area contributed by atoms with E-state index in [4.69, 9.17) is 9.47 Å². The molecule has 0 aromatic rings. The zero-order valence-corrected chi connectivity index (χ0v) is 11.1. The van der Waals surface area contributed by atoms with E-state index in [0.29, 0.717) is 25.9 Å². The van der Waals surface area contributed by atoms with Crippen LogP contribution in [0.15, 0.2) is 12.2 Å². The molecule has 106 valence electrons. The molecule has 1 saturated heterocycles. The third-order valence-electron chi connectivity index (χ3n) is 3.89. The molecule has 0 radical (unpaired) electrons. The van der Waals surface area contributed by atoms with Gasteiger partial charge in [0, 0.05) is 0 Å². The van der Waals surface area contributed by atoms with Crippen molar-refractivity contribution in [2.75, 3.05) is 13.2 Å². The SMILES string of the molecule is CCCC1(C(=O)OCC2CO2)CC=CCC1C(=O)O. The Morgan fingerprint density at radius 3 is 2.79 bits per heavy atom. The van der Waals surface area contributed by atoms with E-state index in [9.17, 15) is 14.7 Å². The second-order valence-corrected chi connectivity index (χ2v) is 5.26. The van der Waals surface area contributed by atoms with Crippen LogP contribution in [0.4, 0.5) is 0 Å². The Morgan fingerprint density at radius 2 is 2.21 bits per heavy atom. The van der Waals surface area contributed by atoms with Gasteiger partial charge in [0.05, 0.1) is 17.9 Å². The van der Waals surface area contributed by atoms with Crippen LogP contribution in [-0.2, 0) is 19.1 Å². The summed E-state index contributed by atoms with van der Waals surface area (Å²) in [7, 11) is 0. The summed E-state index contributed by atoms with van der Waals surface area (Å²) in [6.45, 7) is 2.81. The molecule has 1 fully saturated rings. The Kier molecular flexibility index (Phi) is 4.24. The monoisotopic (exact) mass is 268 g/mol. The minimum Gasteiger partial charge on any atom is -0.481 e. The summed E-state index contributed by atoms with van der Waals surface area (Å²) in [4.78, 5) is 23.8. The minimum atomic E-state index is -0.919. The van der Waals surface area contributed by atoms with E-state index in [2.05, 4.69) is 0 Å². The third-order valence-corrected chi connectivity index (χ3v) is 3.89. The van der Waals surface area contributed by atoms with Gasteiger partial charge in [-0.3, -0.25) is 9.59 Å². The van der Waals surface area contributed by atoms with Crippen molar-refractivity contribution in [3.05, 3.63) is 12.2 Å². The first-order valence-corrected chi connectivity index (χ1v) is 6.77. The lowest BCUT2D eigenvalue weighted by Gasteiger charge is -2.37. The quantitative estimate of drug-likeness (QED) is 0.451. The normalized spacial score (nSPS) is 32.9. The summed E-state index contributed by atoms with van der Waals surface area (Å²) in [5.41, 5.74) is -0.912. The number of carbonyl (C=O) groups excluding carboxylic acids is 1. The first-order chi connectivity index (χ1) is 9.10. The Hall–Kier alpha value is -1.36. The highest BCUT2D eigenvalue weighted by Gasteiger charge is 2.50. The van der Waals surface area contributed by atoms with Crippen LogP contribution >= 0.6 is 0 Å². The van der Waals surface area contributed by atoms with E-state index in [0.717, 1.165) is 6.42 Å². The standard InChI is InChI=1S/C14H20O5/c1-2-6-14(13(17)19-9-10-8-18-10)7-4-3-5-11(14)12(15)16/h3-4,10-11H,2,5-9H2,1H3,(H,15,16). The predicted octanol–water partition coefficient (Wildman–Crippen LogP) is 1.77. The molecule has 5 heteroatoms. The molecular weight excluding hydrogens is 248 g/mol. The second kappa shape index (κ2) is 5.74. The fourth-order valence-corrected chi connectivity index (χ4v) is 2.76. The Labute approximate surface area is 112 Å². The first-order valence-electron chi connectivity index (χ1n) is 6.77. The van der Waals surface area contributed by atoms with E-state index in [1.54, 1.807) is 0 Å². The van der Waals surface area contributed by atoms with Crippen LogP contribution in [0.2, 0.25) is 0 Å². The molecule has 1 aliphatic carbocycles. The molecule has 2 aliphatic rings. The number of carbonyl (C=O) groups is 2. The number of carboxylic acids is 1. The highest BCUT2D eigenvalue weighted by Crippen LogP contribution is 2.43. The van der Waals surface area contributed by atoms with Crippen molar-refractivity contribution in [1.29, 1.82) is 0 Å². The van der Waals surface area contributed by atoms with Gasteiger partial charge in [0.25, 0.3) is 0 Å². The molecule has 0 saturated carbocycles. The van der Waals surface area contributed by atoms with Gasteiger partial charge in [-0.2, -0.15) is 0 Å². The van der Waals surface area contributed by atoms with Gasteiger partial charge < -0.3 is 14.6 Å². The number of ether oxygens (including phenoxy) is 2. The number of epoxide rings is 1. The van der Waals surface area contributed by atoms with Gasteiger partial charge in [-0.15, -0.1) is 0 Å². The topological polar surface area (TPSA) is 76.1 Å². The number of aliphatic carboxylic acids is 1. The van der Waals surface area contributed by atoms with E-state index < -0.39 is 17.3 Å². The molecule has 0 aromatic heterocycles. The summed E-state index contributed by atoms with van der Waals surface area (Å²) in [6.07, 6.45) is 5.87. The van der Waals surface area contributed by atoms with Gasteiger partial charge in [0.2, 0.25) is 0 Å². The summed E-state index contributed by atoms with van der Waals surface area (Å²) >= 11 is 0. The maximum atomic E-state index is 12.4. The molecule has 2 rings (SSSR count). The van der Waals surface area contributed by atoms with Crippen LogP contribution in [0.5, 0.6) is 0 Å². The largest absolute Gasteiger partial charge is 0.481 e. The summed E-state index contributed by atoms with van der Waals surface area (Å²) in [6, 6.07) is 0. The lowest BCUT2D eigenvalue weighted by molar-refractivity contribution is -0.169. The molecule has 3 unspecified atom stereocenters. The minimum absolute atomic E-state index is 0.00466. The van der Waals surface area contributed by atoms with Crippen molar-refractivity contribution in [3.8, 4) is 0 Å². The molecule has 1 aliphatic heterocycles. The average Bonchev–Trinajstić information content (AvgIpc) is 3.20. The van der Waals surface area contributed by atoms with Crippen LogP contribution in [0.3, 0.4) is 0 Å². The maximum absolute atomic E-state index is 12.4. The fourth-order valence-electron chi connectivity index (χ4n) is 2.76.